The van der Waals surface area contributed by atoms with Crippen LogP contribution in [0.4, 0.5) is 18.3 Å². The minimum absolute atomic E-state index is 0.0786. The zero-order valence-corrected chi connectivity index (χ0v) is 19.4. The molecule has 1 aliphatic carbocycles. The Morgan fingerprint density at radius 3 is 2.61 bits per heavy atom. The summed E-state index contributed by atoms with van der Waals surface area (Å²) in [6, 6.07) is 3.41. The van der Waals surface area contributed by atoms with Crippen LogP contribution in [0.2, 0.25) is 0 Å². The number of benzene rings is 1. The lowest BCUT2D eigenvalue weighted by Crippen LogP contribution is -2.26. The van der Waals surface area contributed by atoms with Gasteiger partial charge in [-0.05, 0) is 53.9 Å². The summed E-state index contributed by atoms with van der Waals surface area (Å²) in [5, 5.41) is 6.51. The SMILES string of the molecule is CC(C(=O)Nc1nc2ccc(S(C)(=O)=O)cc2s1)n1nc(C(F)(F)F)c(Br)c1C1CC1. The molecule has 1 saturated carbocycles. The van der Waals surface area contributed by atoms with Crippen LogP contribution in [0.1, 0.15) is 43.1 Å². The number of alkyl halides is 3. The number of carbonyl (C=O) groups excluding carboxylic acids is 1. The van der Waals surface area contributed by atoms with Gasteiger partial charge < -0.3 is 5.32 Å². The number of nitrogens with zero attached hydrogens (tertiary/aromatic N) is 3. The van der Waals surface area contributed by atoms with Crippen molar-refractivity contribution in [3.63, 3.8) is 0 Å². The molecule has 1 atom stereocenters. The summed E-state index contributed by atoms with van der Waals surface area (Å²) < 4.78 is 64.9. The molecule has 2 heterocycles. The van der Waals surface area contributed by atoms with Gasteiger partial charge in [0.25, 0.3) is 5.91 Å². The quantitative estimate of drug-likeness (QED) is 0.507. The van der Waals surface area contributed by atoms with E-state index in [4.69, 9.17) is 0 Å². The average Bonchev–Trinajstić information content (AvgIpc) is 3.30. The van der Waals surface area contributed by atoms with Gasteiger partial charge in [0.2, 0.25) is 0 Å². The number of aromatic nitrogens is 3. The molecule has 1 amide bonds. The van der Waals surface area contributed by atoms with Crippen LogP contribution < -0.4 is 5.32 Å². The molecule has 1 unspecified atom stereocenters. The number of carbonyl (C=O) groups is 1. The number of thiazole rings is 1. The normalized spacial score (nSPS) is 15.9. The molecule has 13 heteroatoms. The number of anilines is 1. The summed E-state index contributed by atoms with van der Waals surface area (Å²) in [7, 11) is -3.39. The topological polar surface area (TPSA) is 94.0 Å². The molecule has 1 aliphatic rings. The number of hydrogen-bond donors (Lipinski definition) is 1. The van der Waals surface area contributed by atoms with Gasteiger partial charge in [-0.15, -0.1) is 0 Å². The largest absolute Gasteiger partial charge is 0.436 e. The fourth-order valence-electron chi connectivity index (χ4n) is 3.14. The van der Waals surface area contributed by atoms with Crippen LogP contribution in [0.5, 0.6) is 0 Å². The molecule has 0 spiro atoms. The molecule has 1 N–H and O–H groups in total. The molecule has 2 aromatic heterocycles. The zero-order chi connectivity index (χ0) is 22.7. The summed E-state index contributed by atoms with van der Waals surface area (Å²) in [5.74, 6) is -0.655. The van der Waals surface area contributed by atoms with Crippen LogP contribution in [0.25, 0.3) is 10.2 Å². The van der Waals surface area contributed by atoms with Gasteiger partial charge in [0.1, 0.15) is 6.04 Å². The van der Waals surface area contributed by atoms with Crippen LogP contribution in [0.3, 0.4) is 0 Å². The van der Waals surface area contributed by atoms with Gasteiger partial charge >= 0.3 is 6.18 Å². The molecular formula is C18H16BrF3N4O3S2. The van der Waals surface area contributed by atoms with E-state index in [1.807, 2.05) is 0 Å². The summed E-state index contributed by atoms with van der Waals surface area (Å²) in [5.41, 5.74) is -0.195. The minimum Gasteiger partial charge on any atom is -0.300 e. The average molecular weight is 537 g/mol. The van der Waals surface area contributed by atoms with E-state index >= 15 is 0 Å². The van der Waals surface area contributed by atoms with Gasteiger partial charge in [0, 0.05) is 12.2 Å². The number of amides is 1. The maximum absolute atomic E-state index is 13.3. The monoisotopic (exact) mass is 536 g/mol. The number of nitrogens with one attached hydrogen (secondary N) is 1. The molecular weight excluding hydrogens is 521 g/mol. The van der Waals surface area contributed by atoms with Crippen LogP contribution in [0, 0.1) is 0 Å². The number of hydrogen-bond acceptors (Lipinski definition) is 6. The van der Waals surface area contributed by atoms with E-state index in [1.165, 1.54) is 25.1 Å². The Morgan fingerprint density at radius 1 is 1.35 bits per heavy atom. The van der Waals surface area contributed by atoms with Crippen molar-refractivity contribution in [2.45, 2.75) is 42.8 Å². The maximum atomic E-state index is 13.3. The van der Waals surface area contributed by atoms with Crippen molar-refractivity contribution < 1.29 is 26.4 Å². The molecule has 0 radical (unpaired) electrons. The Hall–Kier alpha value is -1.99. The summed E-state index contributed by atoms with van der Waals surface area (Å²) in [6.07, 6.45) is -2.09. The molecule has 31 heavy (non-hydrogen) atoms. The van der Waals surface area contributed by atoms with E-state index in [1.54, 1.807) is 0 Å². The Kier molecular flexibility index (Phi) is 5.41. The van der Waals surface area contributed by atoms with Crippen LogP contribution >= 0.6 is 27.3 Å². The fourth-order valence-corrected chi connectivity index (χ4v) is 5.58. The van der Waals surface area contributed by atoms with Crippen molar-refractivity contribution in [1.82, 2.24) is 14.8 Å². The lowest BCUT2D eigenvalue weighted by molar-refractivity contribution is -0.142. The maximum Gasteiger partial charge on any atom is 0.436 e. The first-order chi connectivity index (χ1) is 14.4. The van der Waals surface area contributed by atoms with Crippen LogP contribution in [-0.2, 0) is 20.8 Å². The number of rotatable bonds is 5. The van der Waals surface area contributed by atoms with Crippen LogP contribution in [0.15, 0.2) is 27.6 Å². The van der Waals surface area contributed by atoms with Gasteiger partial charge in [-0.25, -0.2) is 13.4 Å². The first kappa shape index (κ1) is 22.2. The highest BCUT2D eigenvalue weighted by molar-refractivity contribution is 9.10. The van der Waals surface area contributed by atoms with Gasteiger partial charge in [-0.1, -0.05) is 11.3 Å². The van der Waals surface area contributed by atoms with Gasteiger partial charge in [-0.3, -0.25) is 9.48 Å². The lowest BCUT2D eigenvalue weighted by atomic mass is 10.2. The van der Waals surface area contributed by atoms with E-state index in [0.29, 0.717) is 15.9 Å². The second-order valence-electron chi connectivity index (χ2n) is 7.35. The summed E-state index contributed by atoms with van der Waals surface area (Å²) in [4.78, 5) is 17.2. The van der Waals surface area contributed by atoms with Crippen molar-refractivity contribution in [3.8, 4) is 0 Å². The molecule has 3 aromatic rings. The number of sulfone groups is 1. The second-order valence-corrected chi connectivity index (χ2v) is 11.2. The minimum atomic E-state index is -4.64. The highest BCUT2D eigenvalue weighted by atomic mass is 79.9. The molecule has 4 rings (SSSR count). The summed E-state index contributed by atoms with van der Waals surface area (Å²) in [6.45, 7) is 1.47. The first-order valence-corrected chi connectivity index (χ1v) is 12.6. The van der Waals surface area contributed by atoms with E-state index < -0.39 is 33.7 Å². The molecule has 1 aromatic carbocycles. The Balaban J connectivity index is 1.62. The van der Waals surface area contributed by atoms with Gasteiger partial charge in [0.15, 0.2) is 20.7 Å². The molecule has 0 bridgehead atoms. The molecule has 166 valence electrons. The number of halogens is 4. The Labute approximate surface area is 187 Å². The second kappa shape index (κ2) is 7.55. The van der Waals surface area contributed by atoms with Crippen molar-refractivity contribution in [3.05, 3.63) is 34.1 Å². The van der Waals surface area contributed by atoms with E-state index in [-0.39, 0.29) is 20.4 Å². The zero-order valence-electron chi connectivity index (χ0n) is 16.2. The third-order valence-corrected chi connectivity index (χ3v) is 7.71. The Morgan fingerprint density at radius 2 is 2.03 bits per heavy atom. The predicted octanol–water partition coefficient (Wildman–Crippen LogP) is 4.75. The molecule has 0 saturated heterocycles. The summed E-state index contributed by atoms with van der Waals surface area (Å²) >= 11 is 4.09. The molecule has 7 nitrogen and oxygen atoms in total. The molecule has 0 aliphatic heterocycles. The third-order valence-electron chi connectivity index (χ3n) is 4.88. The Bertz CT molecular complexity index is 1300. The van der Waals surface area contributed by atoms with E-state index in [0.717, 1.165) is 35.1 Å². The van der Waals surface area contributed by atoms with E-state index in [2.05, 4.69) is 31.3 Å². The fraction of sp³-hybridized carbons (Fsp3) is 0.389. The molecule has 1 fully saturated rings. The van der Waals surface area contributed by atoms with Gasteiger partial charge in [0.05, 0.1) is 25.3 Å². The van der Waals surface area contributed by atoms with Crippen molar-refractivity contribution in [1.29, 1.82) is 0 Å². The highest BCUT2D eigenvalue weighted by Crippen LogP contribution is 2.47. The van der Waals surface area contributed by atoms with Crippen molar-refractivity contribution in [2.75, 3.05) is 11.6 Å². The van der Waals surface area contributed by atoms with Gasteiger partial charge in [-0.2, -0.15) is 18.3 Å². The predicted molar refractivity (Wildman–Crippen MR) is 113 cm³/mol. The first-order valence-electron chi connectivity index (χ1n) is 9.13. The lowest BCUT2D eigenvalue weighted by Gasteiger charge is -2.14. The van der Waals surface area contributed by atoms with E-state index in [9.17, 15) is 26.4 Å². The number of fused-ring (bicyclic) bond motifs is 1. The van der Waals surface area contributed by atoms with Crippen molar-refractivity contribution in [2.24, 2.45) is 0 Å². The third kappa shape index (κ3) is 4.35. The van der Waals surface area contributed by atoms with Crippen LogP contribution in [-0.4, -0.2) is 35.3 Å². The smallest absolute Gasteiger partial charge is 0.300 e. The standard InChI is InChI=1S/C18H16BrF3N4O3S2/c1-8(26-14(9-3-4-9)13(19)15(25-26)18(20,21)22)16(27)24-17-23-11-6-5-10(31(2,28)29)7-12(11)30-17/h5-9H,3-4H2,1-2H3,(H,23,24,27). The highest BCUT2D eigenvalue weighted by Gasteiger charge is 2.43. The van der Waals surface area contributed by atoms with Crippen molar-refractivity contribution >= 4 is 58.4 Å².